The van der Waals surface area contributed by atoms with Gasteiger partial charge in [0.05, 0.1) is 10.9 Å². The highest BCUT2D eigenvalue weighted by atomic mass is 16.4. The van der Waals surface area contributed by atoms with Gasteiger partial charge in [0.1, 0.15) is 0 Å². The maximum Gasteiger partial charge on any atom is 0.417 e. The predicted octanol–water partition coefficient (Wildman–Crippen LogP) is 3.58. The Balaban J connectivity index is 1.81. The van der Waals surface area contributed by atoms with Crippen LogP contribution in [0, 0.1) is 5.41 Å². The fraction of sp³-hybridized carbons (Fsp3) is 0.158. The first-order valence-corrected chi connectivity index (χ1v) is 7.51. The average Bonchev–Trinajstić information content (AvgIpc) is 2.94. The third kappa shape index (κ3) is 2.14. The van der Waals surface area contributed by atoms with Gasteiger partial charge < -0.3 is 4.42 Å². The molecular formula is C19H15NO3. The van der Waals surface area contributed by atoms with E-state index in [0.29, 0.717) is 23.1 Å². The summed E-state index contributed by atoms with van der Waals surface area (Å²) in [7, 11) is 0. The number of aromatic amines is 1. The molecule has 1 aliphatic carbocycles. The summed E-state index contributed by atoms with van der Waals surface area (Å²) in [5.74, 6) is -0.569. The van der Waals surface area contributed by atoms with Crippen molar-refractivity contribution in [3.8, 4) is 0 Å². The number of carbonyl (C=O) groups excluding carboxylic acids is 1. The van der Waals surface area contributed by atoms with E-state index in [1.165, 1.54) is 0 Å². The van der Waals surface area contributed by atoms with Crippen molar-refractivity contribution < 1.29 is 9.21 Å². The van der Waals surface area contributed by atoms with Crippen LogP contribution >= 0.6 is 0 Å². The van der Waals surface area contributed by atoms with E-state index in [1.54, 1.807) is 18.2 Å². The van der Waals surface area contributed by atoms with Gasteiger partial charge in [-0.25, -0.2) is 4.79 Å². The van der Waals surface area contributed by atoms with Gasteiger partial charge in [-0.3, -0.25) is 9.78 Å². The molecule has 0 saturated heterocycles. The minimum absolute atomic E-state index is 0.0223. The molecule has 4 nitrogen and oxygen atoms in total. The molecule has 23 heavy (non-hydrogen) atoms. The molecule has 114 valence electrons. The molecule has 0 radical (unpaired) electrons. The molecule has 2 aromatic carbocycles. The lowest BCUT2D eigenvalue weighted by atomic mass is 9.73. The van der Waals surface area contributed by atoms with E-state index >= 15 is 0 Å². The quantitative estimate of drug-likeness (QED) is 0.736. The largest absolute Gasteiger partial charge is 0.417 e. The minimum atomic E-state index is -0.642. The van der Waals surface area contributed by atoms with Crippen molar-refractivity contribution in [1.29, 1.82) is 0 Å². The summed E-state index contributed by atoms with van der Waals surface area (Å²) in [4.78, 5) is 27.2. The maximum atomic E-state index is 13.1. The number of nitrogens with one attached hydrogen (secondary N) is 1. The second-order valence-corrected chi connectivity index (χ2v) is 6.15. The van der Waals surface area contributed by atoms with Crippen molar-refractivity contribution in [2.24, 2.45) is 5.41 Å². The van der Waals surface area contributed by atoms with Gasteiger partial charge in [0.2, 0.25) is 0 Å². The summed E-state index contributed by atoms with van der Waals surface area (Å²) >= 11 is 0. The van der Waals surface area contributed by atoms with Gasteiger partial charge in [0, 0.05) is 5.56 Å². The lowest BCUT2D eigenvalue weighted by Crippen LogP contribution is -2.30. The van der Waals surface area contributed by atoms with Crippen LogP contribution in [-0.2, 0) is 6.42 Å². The van der Waals surface area contributed by atoms with Crippen molar-refractivity contribution in [3.05, 3.63) is 75.8 Å². The van der Waals surface area contributed by atoms with Crippen LogP contribution in [0.2, 0.25) is 0 Å². The number of benzene rings is 2. The molecule has 1 aromatic heterocycles. The highest BCUT2D eigenvalue weighted by molar-refractivity contribution is 6.10. The number of ketones is 1. The van der Waals surface area contributed by atoms with Crippen LogP contribution in [0.25, 0.3) is 17.2 Å². The molecular weight excluding hydrogens is 290 g/mol. The summed E-state index contributed by atoms with van der Waals surface area (Å²) in [5, 5.41) is 0. The van der Waals surface area contributed by atoms with E-state index in [1.807, 2.05) is 43.3 Å². The Bertz CT molecular complexity index is 1010. The molecule has 3 aromatic rings. The number of para-hydroxylation sites is 1. The van der Waals surface area contributed by atoms with Crippen LogP contribution in [0.4, 0.5) is 0 Å². The first-order chi connectivity index (χ1) is 11.1. The molecule has 4 rings (SSSR count). The van der Waals surface area contributed by atoms with Crippen LogP contribution < -0.4 is 5.76 Å². The fourth-order valence-electron chi connectivity index (χ4n) is 3.21. The van der Waals surface area contributed by atoms with E-state index in [0.717, 1.165) is 11.1 Å². The van der Waals surface area contributed by atoms with Gasteiger partial charge >= 0.3 is 5.76 Å². The number of hydrogen-bond acceptors (Lipinski definition) is 3. The number of allylic oxidation sites excluding steroid dienone is 1. The lowest BCUT2D eigenvalue weighted by molar-refractivity contribution is 0.0870. The molecule has 4 heteroatoms. The zero-order valence-electron chi connectivity index (χ0n) is 12.6. The Morgan fingerprint density at radius 2 is 2.00 bits per heavy atom. The number of oxazole rings is 1. The SMILES string of the molecule is CC1(C(=O)c2cccc3oc(=O)[nH]c23)C=Cc2ccccc2C1. The fourth-order valence-corrected chi connectivity index (χ4v) is 3.21. The van der Waals surface area contributed by atoms with Gasteiger partial charge in [0.15, 0.2) is 11.4 Å². The second kappa shape index (κ2) is 4.81. The standard InChI is InChI=1S/C19H15NO3/c1-19(10-9-12-5-2-3-6-13(12)11-19)17(21)14-7-4-8-15-16(14)20-18(22)23-15/h2-10H,11H2,1H3,(H,20,22). The molecule has 0 amide bonds. The Labute approximate surface area is 132 Å². The molecule has 0 aliphatic heterocycles. The van der Waals surface area contributed by atoms with Gasteiger partial charge in [-0.05, 0) is 36.6 Å². The predicted molar refractivity (Wildman–Crippen MR) is 88.5 cm³/mol. The van der Waals surface area contributed by atoms with E-state index in [4.69, 9.17) is 4.42 Å². The highest BCUT2D eigenvalue weighted by Crippen LogP contribution is 2.36. The number of fused-ring (bicyclic) bond motifs is 2. The molecule has 0 spiro atoms. The summed E-state index contributed by atoms with van der Waals surface area (Å²) < 4.78 is 5.05. The Hall–Kier alpha value is -2.88. The number of hydrogen-bond donors (Lipinski definition) is 1. The van der Waals surface area contributed by atoms with Gasteiger partial charge in [0.25, 0.3) is 0 Å². The summed E-state index contributed by atoms with van der Waals surface area (Å²) in [6.07, 6.45) is 4.58. The highest BCUT2D eigenvalue weighted by Gasteiger charge is 2.35. The monoisotopic (exact) mass is 305 g/mol. The Morgan fingerprint density at radius 1 is 1.17 bits per heavy atom. The smallest absolute Gasteiger partial charge is 0.408 e. The minimum Gasteiger partial charge on any atom is -0.408 e. The molecule has 1 atom stereocenters. The Kier molecular flexibility index (Phi) is 2.88. The number of rotatable bonds is 2. The van der Waals surface area contributed by atoms with Crippen LogP contribution in [0.3, 0.4) is 0 Å². The molecule has 1 aliphatic rings. The maximum absolute atomic E-state index is 13.1. The zero-order valence-corrected chi connectivity index (χ0v) is 12.6. The lowest BCUT2D eigenvalue weighted by Gasteiger charge is -2.29. The molecule has 1 heterocycles. The van der Waals surface area contributed by atoms with Gasteiger partial charge in [-0.1, -0.05) is 42.5 Å². The second-order valence-electron chi connectivity index (χ2n) is 6.15. The van der Waals surface area contributed by atoms with E-state index in [-0.39, 0.29) is 5.78 Å². The van der Waals surface area contributed by atoms with E-state index < -0.39 is 11.2 Å². The van der Waals surface area contributed by atoms with Crippen LogP contribution in [0.5, 0.6) is 0 Å². The van der Waals surface area contributed by atoms with Crippen molar-refractivity contribution in [2.45, 2.75) is 13.3 Å². The molecule has 1 N–H and O–H groups in total. The molecule has 1 unspecified atom stereocenters. The first kappa shape index (κ1) is 13.8. The average molecular weight is 305 g/mol. The first-order valence-electron chi connectivity index (χ1n) is 7.51. The topological polar surface area (TPSA) is 63.1 Å². The van der Waals surface area contributed by atoms with Crippen molar-refractivity contribution in [1.82, 2.24) is 4.98 Å². The number of aromatic nitrogens is 1. The van der Waals surface area contributed by atoms with Crippen molar-refractivity contribution >= 4 is 23.0 Å². The molecule has 0 bridgehead atoms. The number of H-pyrrole nitrogens is 1. The summed E-state index contributed by atoms with van der Waals surface area (Å²) in [5.41, 5.74) is 3.02. The van der Waals surface area contributed by atoms with Gasteiger partial charge in [-0.15, -0.1) is 0 Å². The van der Waals surface area contributed by atoms with E-state index in [9.17, 15) is 9.59 Å². The van der Waals surface area contributed by atoms with Crippen LogP contribution in [0.15, 0.2) is 57.8 Å². The zero-order chi connectivity index (χ0) is 16.0. The number of Topliss-reactive ketones (excluding diaryl/α,β-unsaturated/α-hetero) is 1. The third-order valence-electron chi connectivity index (χ3n) is 4.46. The van der Waals surface area contributed by atoms with E-state index in [2.05, 4.69) is 4.98 Å². The third-order valence-corrected chi connectivity index (χ3v) is 4.46. The summed E-state index contributed by atoms with van der Waals surface area (Å²) in [6, 6.07) is 13.2. The summed E-state index contributed by atoms with van der Waals surface area (Å²) in [6.45, 7) is 1.93. The van der Waals surface area contributed by atoms with Crippen LogP contribution in [0.1, 0.15) is 28.4 Å². The van der Waals surface area contributed by atoms with Gasteiger partial charge in [-0.2, -0.15) is 0 Å². The van der Waals surface area contributed by atoms with Crippen molar-refractivity contribution in [2.75, 3.05) is 0 Å². The molecule has 0 saturated carbocycles. The molecule has 0 fully saturated rings. The number of carbonyl (C=O) groups is 1. The van der Waals surface area contributed by atoms with Crippen molar-refractivity contribution in [3.63, 3.8) is 0 Å². The van der Waals surface area contributed by atoms with Crippen LogP contribution in [-0.4, -0.2) is 10.8 Å². The Morgan fingerprint density at radius 3 is 2.87 bits per heavy atom. The normalized spacial score (nSPS) is 19.7.